The molecule has 4 aromatic carbocycles. The standard InChI is InChI=1S/C30H34O4/c1-29(2,27(31)33-5)19-30(3,4)28(32)34-18-7-6-9-20-12-13-23-15-14-21-10-8-11-22-16-17-24(20)26(23)25(21)22/h8,10-17H,6-7,9,18-19H2,1-5H3. The zero-order chi connectivity index (χ0) is 24.5. The molecule has 0 spiro atoms. The first-order chi connectivity index (χ1) is 16.1. The summed E-state index contributed by atoms with van der Waals surface area (Å²) in [4.78, 5) is 24.7. The topological polar surface area (TPSA) is 52.6 Å². The molecule has 4 heteroatoms. The monoisotopic (exact) mass is 458 g/mol. The number of hydrogen-bond acceptors (Lipinski definition) is 4. The van der Waals surface area contributed by atoms with Gasteiger partial charge in [-0.3, -0.25) is 9.59 Å². The highest BCUT2D eigenvalue weighted by molar-refractivity contribution is 6.23. The Morgan fingerprint density at radius 1 is 0.735 bits per heavy atom. The number of hydrogen-bond donors (Lipinski definition) is 0. The molecule has 0 aromatic heterocycles. The second-order valence-corrected chi connectivity index (χ2v) is 10.6. The normalized spacial score (nSPS) is 12.5. The molecule has 0 fully saturated rings. The Morgan fingerprint density at radius 3 is 2.00 bits per heavy atom. The van der Waals surface area contributed by atoms with Gasteiger partial charge in [-0.15, -0.1) is 0 Å². The minimum absolute atomic E-state index is 0.271. The molecule has 0 aliphatic rings. The zero-order valence-electron chi connectivity index (χ0n) is 20.9. The van der Waals surface area contributed by atoms with E-state index in [4.69, 9.17) is 9.47 Å². The third-order valence-corrected chi connectivity index (χ3v) is 6.87. The van der Waals surface area contributed by atoms with E-state index in [1.807, 2.05) is 13.8 Å². The molecule has 178 valence electrons. The van der Waals surface area contributed by atoms with Gasteiger partial charge in [0.25, 0.3) is 0 Å². The van der Waals surface area contributed by atoms with Crippen LogP contribution in [0.5, 0.6) is 0 Å². The number of aryl methyl sites for hydroxylation is 1. The van der Waals surface area contributed by atoms with E-state index in [0.29, 0.717) is 13.0 Å². The largest absolute Gasteiger partial charge is 0.469 e. The van der Waals surface area contributed by atoms with Gasteiger partial charge in [0.1, 0.15) is 0 Å². The van der Waals surface area contributed by atoms with Crippen LogP contribution in [0.4, 0.5) is 0 Å². The molecular formula is C30H34O4. The summed E-state index contributed by atoms with van der Waals surface area (Å²) in [7, 11) is 1.37. The Hall–Kier alpha value is -3.14. The van der Waals surface area contributed by atoms with Crippen molar-refractivity contribution in [2.45, 2.75) is 53.4 Å². The van der Waals surface area contributed by atoms with Crippen LogP contribution in [-0.2, 0) is 25.5 Å². The van der Waals surface area contributed by atoms with E-state index in [0.717, 1.165) is 19.3 Å². The summed E-state index contributed by atoms with van der Waals surface area (Å²) in [5.74, 6) is -0.589. The van der Waals surface area contributed by atoms with Crippen molar-refractivity contribution in [3.8, 4) is 0 Å². The van der Waals surface area contributed by atoms with Crippen molar-refractivity contribution in [3.63, 3.8) is 0 Å². The summed E-state index contributed by atoms with van der Waals surface area (Å²) >= 11 is 0. The number of methoxy groups -OCH3 is 1. The molecule has 34 heavy (non-hydrogen) atoms. The quantitative estimate of drug-likeness (QED) is 0.153. The van der Waals surface area contributed by atoms with Crippen LogP contribution in [0.3, 0.4) is 0 Å². The summed E-state index contributed by atoms with van der Waals surface area (Å²) in [5, 5.41) is 7.81. The van der Waals surface area contributed by atoms with Gasteiger partial charge in [-0.05, 0) is 91.3 Å². The molecule has 0 atom stereocenters. The number of benzene rings is 4. The van der Waals surface area contributed by atoms with Gasteiger partial charge in [0, 0.05) is 0 Å². The fourth-order valence-electron chi connectivity index (χ4n) is 5.32. The maximum absolute atomic E-state index is 12.7. The molecule has 4 nitrogen and oxygen atoms in total. The van der Waals surface area contributed by atoms with Crippen LogP contribution in [-0.4, -0.2) is 25.7 Å². The lowest BCUT2D eigenvalue weighted by Crippen LogP contribution is -2.36. The Labute approximate surface area is 201 Å². The van der Waals surface area contributed by atoms with E-state index in [1.54, 1.807) is 13.8 Å². The predicted molar refractivity (Wildman–Crippen MR) is 138 cm³/mol. The van der Waals surface area contributed by atoms with E-state index < -0.39 is 10.8 Å². The van der Waals surface area contributed by atoms with Crippen molar-refractivity contribution in [3.05, 3.63) is 60.2 Å². The van der Waals surface area contributed by atoms with Gasteiger partial charge in [0.2, 0.25) is 0 Å². The predicted octanol–water partition coefficient (Wildman–Crippen LogP) is 7.07. The van der Waals surface area contributed by atoms with Gasteiger partial charge in [-0.1, -0.05) is 54.6 Å². The van der Waals surface area contributed by atoms with Gasteiger partial charge < -0.3 is 9.47 Å². The maximum Gasteiger partial charge on any atom is 0.311 e. The first-order valence-electron chi connectivity index (χ1n) is 12.1. The number of carbonyl (C=O) groups excluding carboxylic acids is 2. The summed E-state index contributed by atoms with van der Waals surface area (Å²) in [6, 6.07) is 19.8. The highest BCUT2D eigenvalue weighted by atomic mass is 16.5. The fourth-order valence-corrected chi connectivity index (χ4v) is 5.32. The highest BCUT2D eigenvalue weighted by Crippen LogP contribution is 2.37. The van der Waals surface area contributed by atoms with Gasteiger partial charge in [-0.2, -0.15) is 0 Å². The lowest BCUT2D eigenvalue weighted by Gasteiger charge is -2.31. The SMILES string of the molecule is COC(=O)C(C)(C)CC(C)(C)C(=O)OCCCCc1ccc2ccc3cccc4ccc1c2c34. The molecular weight excluding hydrogens is 424 g/mol. The number of esters is 2. The Balaban J connectivity index is 1.37. The lowest BCUT2D eigenvalue weighted by molar-refractivity contribution is -0.160. The summed E-state index contributed by atoms with van der Waals surface area (Å²) in [6.45, 7) is 7.62. The average molecular weight is 459 g/mol. The van der Waals surface area contributed by atoms with Crippen molar-refractivity contribution >= 4 is 44.3 Å². The number of carbonyl (C=O) groups is 2. The van der Waals surface area contributed by atoms with E-state index in [1.165, 1.54) is 45.0 Å². The molecule has 4 aromatic rings. The minimum atomic E-state index is -0.760. The first-order valence-corrected chi connectivity index (χ1v) is 12.1. The summed E-state index contributed by atoms with van der Waals surface area (Å²) in [6.07, 6.45) is 3.04. The van der Waals surface area contributed by atoms with E-state index in [2.05, 4.69) is 54.6 Å². The molecule has 0 N–H and O–H groups in total. The van der Waals surface area contributed by atoms with Crippen molar-refractivity contribution in [2.24, 2.45) is 10.8 Å². The smallest absolute Gasteiger partial charge is 0.311 e. The van der Waals surface area contributed by atoms with Crippen LogP contribution < -0.4 is 0 Å². The molecule has 0 radical (unpaired) electrons. The fraction of sp³-hybridized carbons (Fsp3) is 0.400. The van der Waals surface area contributed by atoms with E-state index >= 15 is 0 Å². The number of rotatable bonds is 9. The molecule has 0 bridgehead atoms. The van der Waals surface area contributed by atoms with Crippen LogP contribution in [0.1, 0.15) is 52.5 Å². The van der Waals surface area contributed by atoms with E-state index in [9.17, 15) is 9.59 Å². The Morgan fingerprint density at radius 2 is 1.32 bits per heavy atom. The Bertz CT molecular complexity index is 1320. The number of ether oxygens (including phenoxy) is 2. The molecule has 0 saturated heterocycles. The Kier molecular flexibility index (Phi) is 6.53. The third-order valence-electron chi connectivity index (χ3n) is 6.87. The average Bonchev–Trinajstić information content (AvgIpc) is 2.81. The minimum Gasteiger partial charge on any atom is -0.469 e. The van der Waals surface area contributed by atoms with Gasteiger partial charge >= 0.3 is 11.9 Å². The number of unbranched alkanes of at least 4 members (excludes halogenated alkanes) is 1. The van der Waals surface area contributed by atoms with Crippen LogP contribution in [0, 0.1) is 10.8 Å². The van der Waals surface area contributed by atoms with Crippen LogP contribution in [0.15, 0.2) is 54.6 Å². The molecule has 0 aliphatic carbocycles. The van der Waals surface area contributed by atoms with Crippen LogP contribution >= 0.6 is 0 Å². The molecule has 0 heterocycles. The zero-order valence-corrected chi connectivity index (χ0v) is 20.9. The second kappa shape index (κ2) is 9.25. The van der Waals surface area contributed by atoms with Gasteiger partial charge in [0.15, 0.2) is 0 Å². The lowest BCUT2D eigenvalue weighted by atomic mass is 9.75. The third kappa shape index (κ3) is 4.59. The first kappa shape index (κ1) is 24.0. The van der Waals surface area contributed by atoms with Crippen molar-refractivity contribution in [1.29, 1.82) is 0 Å². The van der Waals surface area contributed by atoms with Crippen LogP contribution in [0.2, 0.25) is 0 Å². The molecule has 0 saturated carbocycles. The summed E-state index contributed by atoms with van der Waals surface area (Å²) < 4.78 is 10.5. The molecule has 0 unspecified atom stereocenters. The van der Waals surface area contributed by atoms with E-state index in [-0.39, 0.29) is 11.9 Å². The van der Waals surface area contributed by atoms with Crippen LogP contribution in [0.25, 0.3) is 32.3 Å². The van der Waals surface area contributed by atoms with Crippen molar-refractivity contribution < 1.29 is 19.1 Å². The molecule has 0 amide bonds. The van der Waals surface area contributed by atoms with Gasteiger partial charge in [-0.25, -0.2) is 0 Å². The van der Waals surface area contributed by atoms with Gasteiger partial charge in [0.05, 0.1) is 24.5 Å². The summed E-state index contributed by atoms with van der Waals surface area (Å²) in [5.41, 5.74) is -0.173. The van der Waals surface area contributed by atoms with Crippen molar-refractivity contribution in [2.75, 3.05) is 13.7 Å². The van der Waals surface area contributed by atoms with Crippen molar-refractivity contribution in [1.82, 2.24) is 0 Å². The molecule has 0 aliphatic heterocycles. The second-order valence-electron chi connectivity index (χ2n) is 10.6. The highest BCUT2D eigenvalue weighted by Gasteiger charge is 2.40. The molecule has 4 rings (SSSR count). The maximum atomic E-state index is 12.7.